The smallest absolute Gasteiger partial charge is 0.286 e. The van der Waals surface area contributed by atoms with E-state index in [9.17, 15) is 4.79 Å². The number of amides is 1. The summed E-state index contributed by atoms with van der Waals surface area (Å²) in [5, 5.41) is 2.86. The Hall–Kier alpha value is -1.29. The van der Waals surface area contributed by atoms with Crippen LogP contribution < -0.4 is 11.1 Å². The first kappa shape index (κ1) is 12.8. The Balaban J connectivity index is 2.36. The molecule has 16 heavy (non-hydrogen) atoms. The van der Waals surface area contributed by atoms with Crippen molar-refractivity contribution in [3.8, 4) is 0 Å². The minimum atomic E-state index is -0.161. The highest BCUT2D eigenvalue weighted by atomic mass is 16.3. The van der Waals surface area contributed by atoms with Gasteiger partial charge in [0.05, 0.1) is 6.26 Å². The molecule has 0 aliphatic rings. The standard InChI is InChI=1S/C12H20N2O2/c1-12(2,6-4-7-13)9-14-11(15)10-5-3-8-16-10/h3,5,8H,4,6-7,9,13H2,1-2H3,(H,14,15). The van der Waals surface area contributed by atoms with Gasteiger partial charge in [-0.25, -0.2) is 0 Å². The zero-order valence-corrected chi connectivity index (χ0v) is 9.95. The van der Waals surface area contributed by atoms with Crippen molar-refractivity contribution in [2.45, 2.75) is 26.7 Å². The lowest BCUT2D eigenvalue weighted by atomic mass is 9.88. The molecule has 1 amide bonds. The van der Waals surface area contributed by atoms with Crippen molar-refractivity contribution in [3.05, 3.63) is 24.2 Å². The Bertz CT molecular complexity index is 318. The zero-order valence-electron chi connectivity index (χ0n) is 9.95. The van der Waals surface area contributed by atoms with E-state index < -0.39 is 0 Å². The van der Waals surface area contributed by atoms with E-state index in [2.05, 4.69) is 19.2 Å². The van der Waals surface area contributed by atoms with Crippen molar-refractivity contribution in [2.75, 3.05) is 13.1 Å². The van der Waals surface area contributed by atoms with Crippen LogP contribution in [0.3, 0.4) is 0 Å². The number of carbonyl (C=O) groups excluding carboxylic acids is 1. The molecule has 1 rings (SSSR count). The van der Waals surface area contributed by atoms with Crippen molar-refractivity contribution < 1.29 is 9.21 Å². The number of furan rings is 1. The van der Waals surface area contributed by atoms with Gasteiger partial charge in [0, 0.05) is 6.54 Å². The molecular weight excluding hydrogens is 204 g/mol. The van der Waals surface area contributed by atoms with E-state index in [0.717, 1.165) is 12.8 Å². The molecule has 0 unspecified atom stereocenters. The summed E-state index contributed by atoms with van der Waals surface area (Å²) in [6, 6.07) is 3.36. The third kappa shape index (κ3) is 4.06. The number of hydrogen-bond acceptors (Lipinski definition) is 3. The van der Waals surface area contributed by atoms with Gasteiger partial charge in [0.25, 0.3) is 5.91 Å². The molecule has 0 atom stereocenters. The van der Waals surface area contributed by atoms with E-state index in [0.29, 0.717) is 18.8 Å². The van der Waals surface area contributed by atoms with Gasteiger partial charge in [-0.05, 0) is 36.9 Å². The summed E-state index contributed by atoms with van der Waals surface area (Å²) in [6.45, 7) is 5.55. The first-order chi connectivity index (χ1) is 7.55. The molecule has 1 aromatic heterocycles. The van der Waals surface area contributed by atoms with Crippen LogP contribution in [-0.4, -0.2) is 19.0 Å². The quantitative estimate of drug-likeness (QED) is 0.773. The maximum Gasteiger partial charge on any atom is 0.286 e. The second kappa shape index (κ2) is 5.70. The molecule has 90 valence electrons. The fraction of sp³-hybridized carbons (Fsp3) is 0.583. The molecular formula is C12H20N2O2. The fourth-order valence-corrected chi connectivity index (χ4v) is 1.48. The molecule has 0 saturated carbocycles. The number of carbonyl (C=O) groups is 1. The van der Waals surface area contributed by atoms with Gasteiger partial charge in [-0.2, -0.15) is 0 Å². The van der Waals surface area contributed by atoms with Gasteiger partial charge in [0.1, 0.15) is 0 Å². The van der Waals surface area contributed by atoms with Crippen molar-refractivity contribution in [2.24, 2.45) is 11.1 Å². The Morgan fingerprint density at radius 2 is 2.31 bits per heavy atom. The van der Waals surface area contributed by atoms with Crippen LogP contribution in [0, 0.1) is 5.41 Å². The maximum absolute atomic E-state index is 11.6. The zero-order chi connectivity index (χ0) is 12.0. The third-order valence-electron chi connectivity index (χ3n) is 2.53. The Kier molecular flexibility index (Phi) is 4.55. The molecule has 0 bridgehead atoms. The molecule has 1 aromatic rings. The summed E-state index contributed by atoms with van der Waals surface area (Å²) < 4.78 is 5.01. The molecule has 0 saturated heterocycles. The van der Waals surface area contributed by atoms with Crippen LogP contribution >= 0.6 is 0 Å². The van der Waals surface area contributed by atoms with Crippen molar-refractivity contribution in [3.63, 3.8) is 0 Å². The predicted molar refractivity (Wildman–Crippen MR) is 63.1 cm³/mol. The largest absolute Gasteiger partial charge is 0.459 e. The summed E-state index contributed by atoms with van der Waals surface area (Å²) in [5.41, 5.74) is 5.54. The lowest BCUT2D eigenvalue weighted by molar-refractivity contribution is 0.0906. The second-order valence-corrected chi connectivity index (χ2v) is 4.72. The molecule has 0 fully saturated rings. The van der Waals surface area contributed by atoms with Gasteiger partial charge in [-0.15, -0.1) is 0 Å². The van der Waals surface area contributed by atoms with Gasteiger partial charge < -0.3 is 15.5 Å². The van der Waals surface area contributed by atoms with Gasteiger partial charge in [0.15, 0.2) is 5.76 Å². The molecule has 0 aliphatic carbocycles. The Morgan fingerprint density at radius 3 is 2.88 bits per heavy atom. The average Bonchev–Trinajstić information content (AvgIpc) is 2.77. The SMILES string of the molecule is CC(C)(CCCN)CNC(=O)c1ccco1. The molecule has 0 radical (unpaired) electrons. The van der Waals surface area contributed by atoms with Gasteiger partial charge >= 0.3 is 0 Å². The second-order valence-electron chi connectivity index (χ2n) is 4.72. The molecule has 0 spiro atoms. The number of hydrogen-bond donors (Lipinski definition) is 2. The van der Waals surface area contributed by atoms with Crippen LogP contribution in [0.25, 0.3) is 0 Å². The van der Waals surface area contributed by atoms with Crippen LogP contribution in [-0.2, 0) is 0 Å². The van der Waals surface area contributed by atoms with Crippen molar-refractivity contribution in [1.29, 1.82) is 0 Å². The normalized spacial score (nSPS) is 11.4. The fourth-order valence-electron chi connectivity index (χ4n) is 1.48. The van der Waals surface area contributed by atoms with E-state index >= 15 is 0 Å². The van der Waals surface area contributed by atoms with Crippen molar-refractivity contribution >= 4 is 5.91 Å². The lowest BCUT2D eigenvalue weighted by Gasteiger charge is -2.24. The monoisotopic (exact) mass is 224 g/mol. The molecule has 1 heterocycles. The summed E-state index contributed by atoms with van der Waals surface area (Å²) in [7, 11) is 0. The first-order valence-corrected chi connectivity index (χ1v) is 5.57. The minimum absolute atomic E-state index is 0.0711. The van der Waals surface area contributed by atoms with Gasteiger partial charge in [-0.1, -0.05) is 13.8 Å². The number of nitrogens with two attached hydrogens (primary N) is 1. The summed E-state index contributed by atoms with van der Waals surface area (Å²) in [4.78, 5) is 11.6. The number of rotatable bonds is 6. The highest BCUT2D eigenvalue weighted by Gasteiger charge is 2.19. The van der Waals surface area contributed by atoms with E-state index in [1.807, 2.05) is 0 Å². The first-order valence-electron chi connectivity index (χ1n) is 5.57. The third-order valence-corrected chi connectivity index (χ3v) is 2.53. The Labute approximate surface area is 96.2 Å². The van der Waals surface area contributed by atoms with Gasteiger partial charge in [0.2, 0.25) is 0 Å². The van der Waals surface area contributed by atoms with Crippen LogP contribution in [0.4, 0.5) is 0 Å². The molecule has 4 nitrogen and oxygen atoms in total. The van der Waals surface area contributed by atoms with E-state index in [-0.39, 0.29) is 11.3 Å². The number of nitrogens with one attached hydrogen (secondary N) is 1. The van der Waals surface area contributed by atoms with Crippen LogP contribution in [0.1, 0.15) is 37.2 Å². The Morgan fingerprint density at radius 1 is 1.56 bits per heavy atom. The van der Waals surface area contributed by atoms with Crippen LogP contribution in [0.2, 0.25) is 0 Å². The van der Waals surface area contributed by atoms with E-state index in [1.54, 1.807) is 12.1 Å². The molecule has 0 aromatic carbocycles. The summed E-state index contributed by atoms with van der Waals surface area (Å²) in [5.74, 6) is 0.195. The topological polar surface area (TPSA) is 68.3 Å². The molecule has 3 N–H and O–H groups in total. The predicted octanol–water partition coefficient (Wildman–Crippen LogP) is 1.77. The maximum atomic E-state index is 11.6. The molecule has 4 heteroatoms. The lowest BCUT2D eigenvalue weighted by Crippen LogP contribution is -2.34. The highest BCUT2D eigenvalue weighted by molar-refractivity contribution is 5.91. The molecule has 0 aliphatic heterocycles. The average molecular weight is 224 g/mol. The van der Waals surface area contributed by atoms with Crippen LogP contribution in [0.15, 0.2) is 22.8 Å². The minimum Gasteiger partial charge on any atom is -0.459 e. The van der Waals surface area contributed by atoms with Crippen molar-refractivity contribution in [1.82, 2.24) is 5.32 Å². The summed E-state index contributed by atoms with van der Waals surface area (Å²) in [6.07, 6.45) is 3.47. The highest BCUT2D eigenvalue weighted by Crippen LogP contribution is 2.20. The van der Waals surface area contributed by atoms with E-state index in [4.69, 9.17) is 10.2 Å². The van der Waals surface area contributed by atoms with Gasteiger partial charge in [-0.3, -0.25) is 4.79 Å². The summed E-state index contributed by atoms with van der Waals surface area (Å²) >= 11 is 0. The van der Waals surface area contributed by atoms with E-state index in [1.165, 1.54) is 6.26 Å². The van der Waals surface area contributed by atoms with Crippen LogP contribution in [0.5, 0.6) is 0 Å².